The highest BCUT2D eigenvalue weighted by Crippen LogP contribution is 2.26. The van der Waals surface area contributed by atoms with E-state index in [2.05, 4.69) is 14.4 Å². The molecule has 1 unspecified atom stereocenters. The fraction of sp³-hybridized carbons (Fsp3) is 0.143. The van der Waals surface area contributed by atoms with Gasteiger partial charge in [-0.3, -0.25) is 14.1 Å². The number of hydrogen-bond donors (Lipinski definition) is 3. The van der Waals surface area contributed by atoms with E-state index in [-0.39, 0.29) is 22.7 Å². The van der Waals surface area contributed by atoms with Crippen LogP contribution >= 0.6 is 11.6 Å². The van der Waals surface area contributed by atoms with Gasteiger partial charge in [0.1, 0.15) is 6.26 Å². The number of hydrogen-bond acceptors (Lipinski definition) is 7. The predicted molar refractivity (Wildman–Crippen MR) is 119 cm³/mol. The van der Waals surface area contributed by atoms with E-state index in [0.717, 1.165) is 0 Å². The molecular formula is C21H18ClN3O6S. The number of anilines is 1. The molecule has 9 nitrogen and oxygen atoms in total. The van der Waals surface area contributed by atoms with Gasteiger partial charge in [-0.25, -0.2) is 8.42 Å². The van der Waals surface area contributed by atoms with Gasteiger partial charge < -0.3 is 14.7 Å². The topological polar surface area (TPSA) is 135 Å². The lowest BCUT2D eigenvalue weighted by Gasteiger charge is -2.17. The summed E-state index contributed by atoms with van der Waals surface area (Å²) < 4.78 is 33.7. The van der Waals surface area contributed by atoms with Crippen LogP contribution < -0.4 is 10.3 Å². The standard InChI is InChI=1S/C21H18ClN3O6S/c22-15-2-4-19(14(9-15)10-16(27)12-26)25-18-5-3-17(11-13(18)1-6-21(25)28)32(29,30)24-20-7-8-31-23-20/h1-9,11,16,26-27H,10,12H2,(H,23,24). The zero-order valence-corrected chi connectivity index (χ0v) is 18.0. The first-order valence-corrected chi connectivity index (χ1v) is 11.3. The van der Waals surface area contributed by atoms with Crippen molar-refractivity contribution >= 4 is 38.3 Å². The number of fused-ring (bicyclic) bond motifs is 1. The first kappa shape index (κ1) is 22.0. The number of aliphatic hydroxyl groups is 2. The number of aromatic nitrogens is 2. The van der Waals surface area contributed by atoms with Crippen LogP contribution in [-0.4, -0.2) is 41.1 Å². The fourth-order valence-corrected chi connectivity index (χ4v) is 4.58. The summed E-state index contributed by atoms with van der Waals surface area (Å²) in [4.78, 5) is 12.8. The normalized spacial score (nSPS) is 12.7. The van der Waals surface area contributed by atoms with E-state index in [1.165, 1.54) is 47.2 Å². The molecule has 2 heterocycles. The number of rotatable bonds is 7. The van der Waals surface area contributed by atoms with Gasteiger partial charge in [0.05, 0.1) is 28.8 Å². The van der Waals surface area contributed by atoms with Crippen molar-refractivity contribution in [2.45, 2.75) is 17.4 Å². The Morgan fingerprint density at radius 2 is 1.94 bits per heavy atom. The van der Waals surface area contributed by atoms with Crippen molar-refractivity contribution in [3.05, 3.63) is 81.8 Å². The summed E-state index contributed by atoms with van der Waals surface area (Å²) in [6.07, 6.45) is 0.287. The predicted octanol–water partition coefficient (Wildman–Crippen LogP) is 2.33. The third kappa shape index (κ3) is 4.39. The number of nitrogens with one attached hydrogen (secondary N) is 1. The molecule has 4 rings (SSSR count). The van der Waals surface area contributed by atoms with Gasteiger partial charge in [-0.2, -0.15) is 0 Å². The van der Waals surface area contributed by atoms with E-state index in [1.807, 2.05) is 0 Å². The maximum absolute atomic E-state index is 12.8. The Morgan fingerprint density at radius 1 is 1.12 bits per heavy atom. The Balaban J connectivity index is 1.84. The molecule has 0 amide bonds. The lowest BCUT2D eigenvalue weighted by atomic mass is 10.0. The summed E-state index contributed by atoms with van der Waals surface area (Å²) in [7, 11) is -3.93. The molecule has 2 aromatic heterocycles. The van der Waals surface area contributed by atoms with E-state index >= 15 is 0 Å². The lowest BCUT2D eigenvalue weighted by Crippen LogP contribution is -2.22. The van der Waals surface area contributed by atoms with Gasteiger partial charge >= 0.3 is 0 Å². The zero-order chi connectivity index (χ0) is 22.9. The van der Waals surface area contributed by atoms with Crippen LogP contribution in [0.3, 0.4) is 0 Å². The molecule has 4 aromatic rings. The Kier molecular flexibility index (Phi) is 6.02. The van der Waals surface area contributed by atoms with Gasteiger partial charge in [-0.05, 0) is 48.0 Å². The molecule has 0 bridgehead atoms. The second kappa shape index (κ2) is 8.75. The van der Waals surface area contributed by atoms with Crippen molar-refractivity contribution < 1.29 is 23.2 Å². The first-order valence-electron chi connectivity index (χ1n) is 9.45. The minimum Gasteiger partial charge on any atom is -0.394 e. The first-order chi connectivity index (χ1) is 15.3. The molecule has 3 N–H and O–H groups in total. The molecule has 0 aliphatic rings. The molecule has 0 spiro atoms. The maximum Gasteiger partial charge on any atom is 0.263 e. The highest BCUT2D eigenvalue weighted by molar-refractivity contribution is 7.92. The summed E-state index contributed by atoms with van der Waals surface area (Å²) in [5.74, 6) is 0.0447. The molecule has 2 aromatic carbocycles. The number of nitrogens with zero attached hydrogens (tertiary/aromatic N) is 2. The van der Waals surface area contributed by atoms with E-state index in [0.29, 0.717) is 27.2 Å². The van der Waals surface area contributed by atoms with Gasteiger partial charge in [0.2, 0.25) is 0 Å². The second-order valence-electron chi connectivity index (χ2n) is 7.03. The average Bonchev–Trinajstić information content (AvgIpc) is 3.26. The molecule has 0 saturated carbocycles. The van der Waals surface area contributed by atoms with Crippen LogP contribution in [0.1, 0.15) is 5.56 Å². The highest BCUT2D eigenvalue weighted by atomic mass is 35.5. The van der Waals surface area contributed by atoms with E-state index in [9.17, 15) is 23.4 Å². The van der Waals surface area contributed by atoms with E-state index < -0.39 is 22.7 Å². The van der Waals surface area contributed by atoms with Crippen LogP contribution in [0, 0.1) is 0 Å². The fourth-order valence-electron chi connectivity index (χ4n) is 3.36. The zero-order valence-electron chi connectivity index (χ0n) is 16.5. The molecule has 11 heteroatoms. The summed E-state index contributed by atoms with van der Waals surface area (Å²) in [6.45, 7) is -0.448. The molecule has 1 atom stereocenters. The van der Waals surface area contributed by atoms with Crippen LogP contribution in [0.25, 0.3) is 16.6 Å². The Hall–Kier alpha value is -3.18. The number of halogens is 1. The van der Waals surface area contributed by atoms with Gasteiger partial charge in [-0.1, -0.05) is 16.8 Å². The minimum atomic E-state index is -3.93. The smallest absolute Gasteiger partial charge is 0.263 e. The van der Waals surface area contributed by atoms with Crippen molar-refractivity contribution in [2.24, 2.45) is 0 Å². The van der Waals surface area contributed by atoms with Crippen LogP contribution in [-0.2, 0) is 16.4 Å². The molecular weight excluding hydrogens is 458 g/mol. The SMILES string of the molecule is O=c1ccc2cc(S(=O)(=O)Nc3ccon3)ccc2n1-c1ccc(Cl)cc1CC(O)CO. The highest BCUT2D eigenvalue weighted by Gasteiger charge is 2.18. The van der Waals surface area contributed by atoms with Crippen molar-refractivity contribution in [1.82, 2.24) is 9.72 Å². The van der Waals surface area contributed by atoms with Crippen molar-refractivity contribution in [2.75, 3.05) is 11.3 Å². The quantitative estimate of drug-likeness (QED) is 0.373. The van der Waals surface area contributed by atoms with Crippen molar-refractivity contribution in [3.63, 3.8) is 0 Å². The van der Waals surface area contributed by atoms with Crippen LogP contribution in [0.5, 0.6) is 0 Å². The van der Waals surface area contributed by atoms with Crippen molar-refractivity contribution in [3.8, 4) is 5.69 Å². The second-order valence-corrected chi connectivity index (χ2v) is 9.15. The molecule has 0 aliphatic heterocycles. The van der Waals surface area contributed by atoms with Crippen LogP contribution in [0.4, 0.5) is 5.82 Å². The number of sulfonamides is 1. The van der Waals surface area contributed by atoms with Gasteiger partial charge in [0.15, 0.2) is 5.82 Å². The van der Waals surface area contributed by atoms with E-state index in [4.69, 9.17) is 11.6 Å². The Morgan fingerprint density at radius 3 is 2.66 bits per heavy atom. The largest absolute Gasteiger partial charge is 0.394 e. The monoisotopic (exact) mass is 475 g/mol. The van der Waals surface area contributed by atoms with Gasteiger partial charge in [-0.15, -0.1) is 0 Å². The molecule has 32 heavy (non-hydrogen) atoms. The maximum atomic E-state index is 12.8. The molecule has 0 aliphatic carbocycles. The molecule has 0 saturated heterocycles. The summed E-state index contributed by atoms with van der Waals surface area (Å²) >= 11 is 6.10. The third-order valence-electron chi connectivity index (χ3n) is 4.80. The van der Waals surface area contributed by atoms with Crippen molar-refractivity contribution in [1.29, 1.82) is 0 Å². The third-order valence-corrected chi connectivity index (χ3v) is 6.39. The number of aliphatic hydroxyl groups excluding tert-OH is 2. The number of benzene rings is 2. The molecule has 0 fully saturated rings. The average molecular weight is 476 g/mol. The minimum absolute atomic E-state index is 0.0229. The van der Waals surface area contributed by atoms with Crippen LogP contribution in [0.2, 0.25) is 5.02 Å². The summed E-state index contributed by atoms with van der Waals surface area (Å²) in [5.41, 5.74) is 1.13. The van der Waals surface area contributed by atoms with Gasteiger partial charge in [0, 0.05) is 29.0 Å². The number of pyridine rings is 1. The molecule has 0 radical (unpaired) electrons. The summed E-state index contributed by atoms with van der Waals surface area (Å²) in [5, 5.41) is 23.6. The Labute approximate surface area is 187 Å². The summed E-state index contributed by atoms with van der Waals surface area (Å²) in [6, 6.07) is 13.4. The van der Waals surface area contributed by atoms with E-state index in [1.54, 1.807) is 18.2 Å². The van der Waals surface area contributed by atoms with Gasteiger partial charge in [0.25, 0.3) is 15.6 Å². The van der Waals surface area contributed by atoms with Crippen LogP contribution in [0.15, 0.2) is 75.1 Å². The molecule has 166 valence electrons. The Bertz CT molecular complexity index is 1430. The lowest BCUT2D eigenvalue weighted by molar-refractivity contribution is 0.0955.